The first-order chi connectivity index (χ1) is 16.0. The number of anilines is 3. The van der Waals surface area contributed by atoms with Gasteiger partial charge in [-0.05, 0) is 61.9 Å². The number of rotatable bonds is 3. The topological polar surface area (TPSA) is 116 Å². The van der Waals surface area contributed by atoms with E-state index in [1.807, 2.05) is 19.2 Å². The van der Waals surface area contributed by atoms with Crippen molar-refractivity contribution in [2.45, 2.75) is 39.2 Å². The van der Waals surface area contributed by atoms with Gasteiger partial charge in [0, 0.05) is 35.1 Å². The summed E-state index contributed by atoms with van der Waals surface area (Å²) in [5.41, 5.74) is 19.3. The Kier molecular flexibility index (Phi) is 4.62. The predicted octanol–water partition coefficient (Wildman–Crippen LogP) is 4.21. The summed E-state index contributed by atoms with van der Waals surface area (Å²) in [6.07, 6.45) is 4.25. The van der Waals surface area contributed by atoms with Crippen LogP contribution in [0.25, 0.3) is 21.5 Å². The van der Waals surface area contributed by atoms with Crippen LogP contribution < -0.4 is 21.1 Å². The number of nitrogens with two attached hydrogens (primary N) is 2. The monoisotopic (exact) mass is 459 g/mol. The lowest BCUT2D eigenvalue weighted by Gasteiger charge is -2.25. The normalized spacial score (nSPS) is 15.9. The third-order valence-electron chi connectivity index (χ3n) is 6.34. The molecule has 1 aliphatic heterocycles. The fourth-order valence-electron chi connectivity index (χ4n) is 4.74. The lowest BCUT2D eigenvalue weighted by atomic mass is 9.99. The Morgan fingerprint density at radius 3 is 2.73 bits per heavy atom. The standard InChI is InChI=1S/C24H25N7OS/c1-12-7-15(16-9-18-22(27-10-16)33-24(26)29-18)8-17-11-31(5-6-32-20(12)17)21-19(14-3-4-14)13(2)28-23(25)30-21/h7-10,14H,3-6,11H2,1-2H3,(H2,26,29)(H2,25,28,30). The van der Waals surface area contributed by atoms with Gasteiger partial charge in [-0.25, -0.2) is 15.0 Å². The number of thiazole rings is 1. The average Bonchev–Trinajstić information content (AvgIpc) is 3.56. The van der Waals surface area contributed by atoms with Crippen LogP contribution in [0.4, 0.5) is 16.9 Å². The molecule has 0 amide bonds. The van der Waals surface area contributed by atoms with E-state index in [0.717, 1.165) is 56.4 Å². The van der Waals surface area contributed by atoms with E-state index in [4.69, 9.17) is 16.2 Å². The summed E-state index contributed by atoms with van der Waals surface area (Å²) in [5.74, 6) is 2.74. The van der Waals surface area contributed by atoms with Crippen molar-refractivity contribution in [2.75, 3.05) is 29.5 Å². The molecule has 0 unspecified atom stereocenters. The maximum atomic E-state index is 6.21. The molecular weight excluding hydrogens is 434 g/mol. The molecule has 33 heavy (non-hydrogen) atoms. The number of aromatic nitrogens is 4. The zero-order chi connectivity index (χ0) is 22.7. The largest absolute Gasteiger partial charge is 0.491 e. The quantitative estimate of drug-likeness (QED) is 0.468. The summed E-state index contributed by atoms with van der Waals surface area (Å²) in [6.45, 7) is 6.15. The molecular formula is C24H25N7OS. The lowest BCUT2D eigenvalue weighted by Crippen LogP contribution is -2.28. The Balaban J connectivity index is 1.42. The van der Waals surface area contributed by atoms with Gasteiger partial charge in [0.15, 0.2) is 5.13 Å². The molecule has 1 aromatic carbocycles. The van der Waals surface area contributed by atoms with Crippen LogP contribution in [0.1, 0.15) is 41.1 Å². The second-order valence-electron chi connectivity index (χ2n) is 8.83. The van der Waals surface area contributed by atoms with Gasteiger partial charge in [0.2, 0.25) is 5.95 Å². The number of ether oxygens (including phenoxy) is 1. The predicted molar refractivity (Wildman–Crippen MR) is 132 cm³/mol. The minimum Gasteiger partial charge on any atom is -0.491 e. The number of aryl methyl sites for hydroxylation is 2. The number of fused-ring (bicyclic) bond motifs is 2. The van der Waals surface area contributed by atoms with Crippen molar-refractivity contribution in [3.8, 4) is 16.9 Å². The molecule has 2 aliphatic rings. The number of hydrogen-bond donors (Lipinski definition) is 2. The van der Waals surface area contributed by atoms with Crippen LogP contribution in [0.2, 0.25) is 0 Å². The first-order valence-electron chi connectivity index (χ1n) is 11.1. The van der Waals surface area contributed by atoms with Crippen molar-refractivity contribution in [2.24, 2.45) is 0 Å². The SMILES string of the molecule is Cc1cc(-c2cnc3sc(N)nc3c2)cc2c1OCCN(c1nc(N)nc(C)c1C1CC1)C2. The lowest BCUT2D eigenvalue weighted by molar-refractivity contribution is 0.329. The molecule has 0 atom stereocenters. The second-order valence-corrected chi connectivity index (χ2v) is 9.84. The molecule has 0 radical (unpaired) electrons. The maximum Gasteiger partial charge on any atom is 0.222 e. The van der Waals surface area contributed by atoms with E-state index >= 15 is 0 Å². The van der Waals surface area contributed by atoms with Crippen molar-refractivity contribution in [1.29, 1.82) is 0 Å². The van der Waals surface area contributed by atoms with E-state index in [1.54, 1.807) is 0 Å². The molecule has 168 valence electrons. The number of nitrogens with zero attached hydrogens (tertiary/aromatic N) is 5. The third kappa shape index (κ3) is 3.62. The summed E-state index contributed by atoms with van der Waals surface area (Å²) < 4.78 is 6.21. The summed E-state index contributed by atoms with van der Waals surface area (Å²) >= 11 is 1.40. The highest BCUT2D eigenvalue weighted by atomic mass is 32.1. The van der Waals surface area contributed by atoms with Crippen LogP contribution in [-0.4, -0.2) is 33.1 Å². The van der Waals surface area contributed by atoms with Gasteiger partial charge in [-0.15, -0.1) is 0 Å². The van der Waals surface area contributed by atoms with Gasteiger partial charge in [0.25, 0.3) is 0 Å². The summed E-state index contributed by atoms with van der Waals surface area (Å²) in [6, 6.07) is 6.38. The molecule has 9 heteroatoms. The van der Waals surface area contributed by atoms with Gasteiger partial charge in [-0.1, -0.05) is 11.3 Å². The second kappa shape index (κ2) is 7.55. The van der Waals surface area contributed by atoms with E-state index in [2.05, 4.69) is 43.9 Å². The maximum absolute atomic E-state index is 6.21. The Morgan fingerprint density at radius 2 is 1.91 bits per heavy atom. The van der Waals surface area contributed by atoms with Gasteiger partial charge >= 0.3 is 0 Å². The molecule has 0 saturated heterocycles. The minimum atomic E-state index is 0.323. The highest BCUT2D eigenvalue weighted by molar-refractivity contribution is 7.21. The fraction of sp³-hybridized carbons (Fsp3) is 0.333. The van der Waals surface area contributed by atoms with E-state index in [1.165, 1.54) is 29.7 Å². The van der Waals surface area contributed by atoms with Crippen molar-refractivity contribution >= 4 is 38.6 Å². The van der Waals surface area contributed by atoms with Gasteiger partial charge in [0.05, 0.1) is 6.54 Å². The number of hydrogen-bond acceptors (Lipinski definition) is 9. The highest BCUT2D eigenvalue weighted by Gasteiger charge is 2.32. The third-order valence-corrected chi connectivity index (χ3v) is 7.14. The van der Waals surface area contributed by atoms with Crippen molar-refractivity contribution in [3.05, 3.63) is 46.8 Å². The summed E-state index contributed by atoms with van der Waals surface area (Å²) in [4.78, 5) is 21.2. The molecule has 0 spiro atoms. The Hall–Kier alpha value is -3.46. The van der Waals surface area contributed by atoms with Crippen molar-refractivity contribution in [1.82, 2.24) is 19.9 Å². The van der Waals surface area contributed by atoms with E-state index in [9.17, 15) is 0 Å². The molecule has 1 saturated carbocycles. The zero-order valence-corrected chi connectivity index (χ0v) is 19.4. The molecule has 3 aromatic heterocycles. The van der Waals surface area contributed by atoms with Gasteiger partial charge in [0.1, 0.15) is 28.5 Å². The van der Waals surface area contributed by atoms with Crippen molar-refractivity contribution < 1.29 is 4.74 Å². The molecule has 4 heterocycles. The highest BCUT2D eigenvalue weighted by Crippen LogP contribution is 2.46. The van der Waals surface area contributed by atoms with Gasteiger partial charge in [-0.2, -0.15) is 4.98 Å². The Labute approximate surface area is 195 Å². The summed E-state index contributed by atoms with van der Waals surface area (Å²) in [7, 11) is 0. The molecule has 1 fully saturated rings. The van der Waals surface area contributed by atoms with E-state index in [0.29, 0.717) is 30.1 Å². The fourth-order valence-corrected chi connectivity index (χ4v) is 5.39. The molecule has 8 nitrogen and oxygen atoms in total. The molecule has 0 bridgehead atoms. The van der Waals surface area contributed by atoms with Crippen LogP contribution in [0.5, 0.6) is 5.75 Å². The summed E-state index contributed by atoms with van der Waals surface area (Å²) in [5, 5.41) is 0.530. The molecule has 4 aromatic rings. The van der Waals surface area contributed by atoms with Crippen LogP contribution in [0, 0.1) is 13.8 Å². The van der Waals surface area contributed by atoms with Crippen LogP contribution in [-0.2, 0) is 6.54 Å². The van der Waals surface area contributed by atoms with E-state index in [-0.39, 0.29) is 0 Å². The van der Waals surface area contributed by atoms with E-state index < -0.39 is 0 Å². The van der Waals surface area contributed by atoms with Crippen molar-refractivity contribution in [3.63, 3.8) is 0 Å². The first kappa shape index (κ1) is 20.2. The first-order valence-corrected chi connectivity index (χ1v) is 12.0. The van der Waals surface area contributed by atoms with Crippen LogP contribution >= 0.6 is 11.3 Å². The molecule has 1 aliphatic carbocycles. The minimum absolute atomic E-state index is 0.323. The number of nitrogen functional groups attached to an aromatic ring is 2. The smallest absolute Gasteiger partial charge is 0.222 e. The molecule has 6 rings (SSSR count). The average molecular weight is 460 g/mol. The van der Waals surface area contributed by atoms with Gasteiger partial charge < -0.3 is 21.1 Å². The van der Waals surface area contributed by atoms with Crippen LogP contribution in [0.15, 0.2) is 24.4 Å². The zero-order valence-electron chi connectivity index (χ0n) is 18.6. The van der Waals surface area contributed by atoms with Crippen LogP contribution in [0.3, 0.4) is 0 Å². The Morgan fingerprint density at radius 1 is 1.06 bits per heavy atom. The number of pyridine rings is 1. The Bertz CT molecular complexity index is 1400. The number of benzene rings is 1. The van der Waals surface area contributed by atoms with Gasteiger partial charge in [-0.3, -0.25) is 0 Å². The molecule has 4 N–H and O–H groups in total.